The number of nitrogens with one attached hydrogen (secondary N) is 1. The molecule has 112 valence electrons. The van der Waals surface area contributed by atoms with Gasteiger partial charge in [-0.05, 0) is 60.8 Å². The molecule has 2 rings (SSSR count). The molecule has 0 amide bonds. The summed E-state index contributed by atoms with van der Waals surface area (Å²) >= 11 is 3.37. The second-order valence-corrected chi connectivity index (χ2v) is 5.91. The lowest BCUT2D eigenvalue weighted by Gasteiger charge is -2.19. The van der Waals surface area contributed by atoms with Crippen LogP contribution < -0.4 is 5.32 Å². The first-order valence-corrected chi connectivity index (χ1v) is 7.82. The van der Waals surface area contributed by atoms with Crippen molar-refractivity contribution in [2.24, 2.45) is 0 Å². The Bertz CT molecular complexity index is 584. The summed E-state index contributed by atoms with van der Waals surface area (Å²) in [5, 5.41) is 3.40. The molecule has 2 aromatic rings. The molecule has 1 nitrogen and oxygen atoms in total. The highest BCUT2D eigenvalue weighted by Crippen LogP contribution is 2.23. The van der Waals surface area contributed by atoms with Gasteiger partial charge in [-0.2, -0.15) is 0 Å². The van der Waals surface area contributed by atoms with Crippen molar-refractivity contribution >= 4 is 15.9 Å². The van der Waals surface area contributed by atoms with Gasteiger partial charge in [0.05, 0.1) is 0 Å². The predicted octanol–water partition coefficient (Wildman–Crippen LogP) is 5.01. The molecule has 1 unspecified atom stereocenters. The maximum absolute atomic E-state index is 13.9. The van der Waals surface area contributed by atoms with Gasteiger partial charge in [0.25, 0.3) is 0 Å². The van der Waals surface area contributed by atoms with Gasteiger partial charge >= 0.3 is 0 Å². The maximum Gasteiger partial charge on any atom is 0.126 e. The summed E-state index contributed by atoms with van der Waals surface area (Å²) in [6, 6.07) is 11.3. The summed E-state index contributed by atoms with van der Waals surface area (Å²) in [5.74, 6) is -0.481. The Labute approximate surface area is 132 Å². The Hall–Kier alpha value is -1.26. The van der Waals surface area contributed by atoms with Gasteiger partial charge in [0, 0.05) is 10.5 Å². The first kappa shape index (κ1) is 16.1. The minimum Gasteiger partial charge on any atom is -0.310 e. The molecule has 0 fully saturated rings. The fourth-order valence-electron chi connectivity index (χ4n) is 2.24. The third-order valence-electron chi connectivity index (χ3n) is 3.34. The van der Waals surface area contributed by atoms with Gasteiger partial charge in [-0.25, -0.2) is 8.78 Å². The van der Waals surface area contributed by atoms with Crippen LogP contribution in [-0.4, -0.2) is 6.54 Å². The van der Waals surface area contributed by atoms with Gasteiger partial charge in [-0.1, -0.05) is 35.0 Å². The Morgan fingerprint density at radius 2 is 1.81 bits per heavy atom. The third kappa shape index (κ3) is 4.61. The normalized spacial score (nSPS) is 12.4. The number of rotatable bonds is 6. The SMILES string of the molecule is CCCNC(Cc1cc(Br)ccc1F)c1ccc(F)cc1. The summed E-state index contributed by atoms with van der Waals surface area (Å²) in [4.78, 5) is 0. The lowest BCUT2D eigenvalue weighted by molar-refractivity contribution is 0.511. The molecule has 21 heavy (non-hydrogen) atoms. The summed E-state index contributed by atoms with van der Waals surface area (Å²) in [5.41, 5.74) is 1.60. The van der Waals surface area contributed by atoms with Crippen LogP contribution in [0, 0.1) is 11.6 Å². The van der Waals surface area contributed by atoms with E-state index >= 15 is 0 Å². The van der Waals surface area contributed by atoms with Gasteiger partial charge in [-0.3, -0.25) is 0 Å². The van der Waals surface area contributed by atoms with Crippen molar-refractivity contribution in [2.45, 2.75) is 25.8 Å². The van der Waals surface area contributed by atoms with E-state index in [1.165, 1.54) is 18.2 Å². The maximum atomic E-state index is 13.9. The van der Waals surface area contributed by atoms with E-state index in [4.69, 9.17) is 0 Å². The standard InChI is InChI=1S/C17H18BrF2N/c1-2-9-21-17(12-3-6-15(19)7-4-12)11-13-10-14(18)5-8-16(13)20/h3-8,10,17,21H,2,9,11H2,1H3. The Morgan fingerprint density at radius 1 is 1.10 bits per heavy atom. The van der Waals surface area contributed by atoms with Crippen LogP contribution in [0.4, 0.5) is 8.78 Å². The van der Waals surface area contributed by atoms with Gasteiger partial charge in [-0.15, -0.1) is 0 Å². The molecule has 0 heterocycles. The molecule has 0 aliphatic heterocycles. The van der Waals surface area contributed by atoms with Crippen molar-refractivity contribution in [2.75, 3.05) is 6.54 Å². The number of halogens is 3. The lowest BCUT2D eigenvalue weighted by atomic mass is 9.98. The van der Waals surface area contributed by atoms with Gasteiger partial charge in [0.15, 0.2) is 0 Å². The van der Waals surface area contributed by atoms with Gasteiger partial charge in [0.1, 0.15) is 11.6 Å². The van der Waals surface area contributed by atoms with E-state index in [2.05, 4.69) is 28.2 Å². The van der Waals surface area contributed by atoms with E-state index in [-0.39, 0.29) is 17.7 Å². The summed E-state index contributed by atoms with van der Waals surface area (Å²) < 4.78 is 27.8. The number of hydrogen-bond acceptors (Lipinski definition) is 1. The van der Waals surface area contributed by atoms with Crippen LogP contribution >= 0.6 is 15.9 Å². The highest BCUT2D eigenvalue weighted by molar-refractivity contribution is 9.10. The van der Waals surface area contributed by atoms with E-state index < -0.39 is 0 Å². The average molecular weight is 354 g/mol. The van der Waals surface area contributed by atoms with Gasteiger partial charge < -0.3 is 5.32 Å². The second kappa shape index (κ2) is 7.66. The minimum absolute atomic E-state index is 0.0330. The quantitative estimate of drug-likeness (QED) is 0.769. The molecule has 0 aliphatic rings. The molecule has 0 spiro atoms. The van der Waals surface area contributed by atoms with Crippen LogP contribution in [0.15, 0.2) is 46.9 Å². The summed E-state index contributed by atoms with van der Waals surface area (Å²) in [7, 11) is 0. The monoisotopic (exact) mass is 353 g/mol. The van der Waals surface area contributed by atoms with Crippen molar-refractivity contribution in [3.05, 3.63) is 69.7 Å². The minimum atomic E-state index is -0.262. The average Bonchev–Trinajstić information content (AvgIpc) is 2.48. The van der Waals surface area contributed by atoms with E-state index in [0.29, 0.717) is 12.0 Å². The molecule has 4 heteroatoms. The third-order valence-corrected chi connectivity index (χ3v) is 3.84. The van der Waals surface area contributed by atoms with E-state index in [9.17, 15) is 8.78 Å². The van der Waals surface area contributed by atoms with Crippen molar-refractivity contribution in [3.8, 4) is 0 Å². The van der Waals surface area contributed by atoms with Crippen molar-refractivity contribution in [1.29, 1.82) is 0 Å². The summed E-state index contributed by atoms with van der Waals surface area (Å²) in [6.07, 6.45) is 1.51. The molecule has 0 radical (unpaired) electrons. The highest BCUT2D eigenvalue weighted by atomic mass is 79.9. The zero-order valence-electron chi connectivity index (χ0n) is 11.9. The van der Waals surface area contributed by atoms with Crippen LogP contribution in [-0.2, 0) is 6.42 Å². The molecule has 1 N–H and O–H groups in total. The fraction of sp³-hybridized carbons (Fsp3) is 0.294. The van der Waals surface area contributed by atoms with E-state index in [1.807, 2.05) is 0 Å². The number of benzene rings is 2. The van der Waals surface area contributed by atoms with Crippen molar-refractivity contribution in [1.82, 2.24) is 5.32 Å². The molecule has 0 bridgehead atoms. The zero-order chi connectivity index (χ0) is 15.2. The lowest BCUT2D eigenvalue weighted by Crippen LogP contribution is -2.24. The van der Waals surface area contributed by atoms with Crippen LogP contribution in [0.5, 0.6) is 0 Å². The van der Waals surface area contributed by atoms with Crippen LogP contribution in [0.25, 0.3) is 0 Å². The second-order valence-electron chi connectivity index (χ2n) is 5.00. The molecule has 0 saturated carbocycles. The van der Waals surface area contributed by atoms with Crippen LogP contribution in [0.2, 0.25) is 0 Å². The predicted molar refractivity (Wildman–Crippen MR) is 85.2 cm³/mol. The van der Waals surface area contributed by atoms with E-state index in [0.717, 1.165) is 23.0 Å². The van der Waals surface area contributed by atoms with Crippen LogP contribution in [0.1, 0.15) is 30.5 Å². The Kier molecular flexibility index (Phi) is 5.88. The Balaban J connectivity index is 2.23. The first-order valence-electron chi connectivity index (χ1n) is 7.03. The largest absolute Gasteiger partial charge is 0.310 e. The van der Waals surface area contributed by atoms with Crippen molar-refractivity contribution < 1.29 is 8.78 Å². The topological polar surface area (TPSA) is 12.0 Å². The molecular formula is C17H18BrF2N. The molecule has 1 atom stereocenters. The first-order chi connectivity index (χ1) is 10.1. The fourth-order valence-corrected chi connectivity index (χ4v) is 2.65. The molecular weight excluding hydrogens is 336 g/mol. The molecule has 0 saturated heterocycles. The molecule has 0 aromatic heterocycles. The molecule has 0 aliphatic carbocycles. The number of hydrogen-bond donors (Lipinski definition) is 1. The summed E-state index contributed by atoms with van der Waals surface area (Å²) in [6.45, 7) is 2.91. The van der Waals surface area contributed by atoms with Gasteiger partial charge in [0.2, 0.25) is 0 Å². The highest BCUT2D eigenvalue weighted by Gasteiger charge is 2.14. The smallest absolute Gasteiger partial charge is 0.126 e. The van der Waals surface area contributed by atoms with E-state index in [1.54, 1.807) is 24.3 Å². The van der Waals surface area contributed by atoms with Crippen molar-refractivity contribution in [3.63, 3.8) is 0 Å². The Morgan fingerprint density at radius 3 is 2.48 bits per heavy atom. The van der Waals surface area contributed by atoms with Crippen LogP contribution in [0.3, 0.4) is 0 Å². The molecule has 2 aromatic carbocycles. The zero-order valence-corrected chi connectivity index (χ0v) is 13.5.